The van der Waals surface area contributed by atoms with Gasteiger partial charge in [-0.25, -0.2) is 13.1 Å². The lowest BCUT2D eigenvalue weighted by molar-refractivity contribution is 0.162. The molecular formula is C10H17NO3S2. The zero-order chi connectivity index (χ0) is 12.2. The molecule has 4 nitrogen and oxygen atoms in total. The van der Waals surface area contributed by atoms with Gasteiger partial charge >= 0.3 is 0 Å². The number of nitrogens with one attached hydrogen (secondary N) is 1. The summed E-state index contributed by atoms with van der Waals surface area (Å²) in [5.74, 6) is 0. The Morgan fingerprint density at radius 2 is 2.19 bits per heavy atom. The highest BCUT2D eigenvalue weighted by Gasteiger charge is 2.15. The molecule has 6 heteroatoms. The zero-order valence-electron chi connectivity index (χ0n) is 9.43. The Kier molecular flexibility index (Phi) is 4.91. The molecule has 0 saturated carbocycles. The molecule has 0 aliphatic carbocycles. The molecule has 1 unspecified atom stereocenters. The molecule has 0 saturated heterocycles. The Labute approximate surface area is 100 Å². The molecule has 1 rings (SSSR count). The normalized spacial score (nSPS) is 13.9. The first-order valence-corrected chi connectivity index (χ1v) is 7.50. The van der Waals surface area contributed by atoms with Crippen molar-refractivity contribution in [3.63, 3.8) is 0 Å². The quantitative estimate of drug-likeness (QED) is 0.817. The van der Waals surface area contributed by atoms with Crippen molar-refractivity contribution < 1.29 is 13.5 Å². The number of aryl methyl sites for hydroxylation is 1. The third kappa shape index (κ3) is 3.86. The van der Waals surface area contributed by atoms with Gasteiger partial charge < -0.3 is 5.11 Å². The van der Waals surface area contributed by atoms with Crippen LogP contribution in [0.5, 0.6) is 0 Å². The van der Waals surface area contributed by atoms with Crippen LogP contribution in [0.25, 0.3) is 0 Å². The molecule has 0 bridgehead atoms. The summed E-state index contributed by atoms with van der Waals surface area (Å²) < 4.78 is 26.3. The van der Waals surface area contributed by atoms with Crippen LogP contribution >= 0.6 is 11.3 Å². The molecule has 1 heterocycles. The number of hydrogen-bond acceptors (Lipinski definition) is 4. The summed E-state index contributed by atoms with van der Waals surface area (Å²) in [6.45, 7) is 4.00. The van der Waals surface area contributed by atoms with Gasteiger partial charge in [-0.2, -0.15) is 0 Å². The van der Waals surface area contributed by atoms with E-state index in [1.54, 1.807) is 12.1 Å². The van der Waals surface area contributed by atoms with Gasteiger partial charge in [0, 0.05) is 11.4 Å². The highest BCUT2D eigenvalue weighted by Crippen LogP contribution is 2.20. The molecule has 0 radical (unpaired) electrons. The van der Waals surface area contributed by atoms with Crippen LogP contribution in [0.3, 0.4) is 0 Å². The van der Waals surface area contributed by atoms with E-state index in [2.05, 4.69) is 4.72 Å². The van der Waals surface area contributed by atoms with Gasteiger partial charge in [0.05, 0.1) is 6.10 Å². The first-order chi connectivity index (χ1) is 7.45. The molecule has 1 aromatic rings. The predicted molar refractivity (Wildman–Crippen MR) is 65.2 cm³/mol. The number of sulfonamides is 1. The summed E-state index contributed by atoms with van der Waals surface area (Å²) >= 11 is 1.25. The maximum atomic E-state index is 11.7. The van der Waals surface area contributed by atoms with Crippen molar-refractivity contribution in [2.45, 2.75) is 37.0 Å². The van der Waals surface area contributed by atoms with Crippen LogP contribution in [0, 0.1) is 6.92 Å². The van der Waals surface area contributed by atoms with Gasteiger partial charge in [0.25, 0.3) is 0 Å². The van der Waals surface area contributed by atoms with Crippen LogP contribution in [0.15, 0.2) is 16.3 Å². The van der Waals surface area contributed by atoms with Gasteiger partial charge in [0.15, 0.2) is 0 Å². The molecule has 0 aliphatic rings. The summed E-state index contributed by atoms with van der Waals surface area (Å²) in [5, 5.41) is 9.30. The second kappa shape index (κ2) is 5.77. The minimum absolute atomic E-state index is 0.272. The summed E-state index contributed by atoms with van der Waals surface area (Å²) in [6.07, 6.45) is 0.646. The molecule has 0 aliphatic heterocycles. The van der Waals surface area contributed by atoms with Crippen molar-refractivity contribution >= 4 is 21.4 Å². The van der Waals surface area contributed by atoms with Crippen LogP contribution < -0.4 is 4.72 Å². The zero-order valence-corrected chi connectivity index (χ0v) is 11.1. The molecular weight excluding hydrogens is 246 g/mol. The second-order valence-corrected chi connectivity index (χ2v) is 6.90. The minimum Gasteiger partial charge on any atom is -0.393 e. The lowest BCUT2D eigenvalue weighted by Crippen LogP contribution is -2.26. The molecule has 0 amide bonds. The fraction of sp³-hybridized carbons (Fsp3) is 0.600. The minimum atomic E-state index is -3.39. The smallest absolute Gasteiger partial charge is 0.250 e. The van der Waals surface area contributed by atoms with Crippen LogP contribution in [0.2, 0.25) is 0 Å². The fourth-order valence-electron chi connectivity index (χ4n) is 1.19. The Morgan fingerprint density at radius 1 is 1.50 bits per heavy atom. The first-order valence-electron chi connectivity index (χ1n) is 5.20. The van der Waals surface area contributed by atoms with Gasteiger partial charge in [-0.1, -0.05) is 6.92 Å². The van der Waals surface area contributed by atoms with Gasteiger partial charge in [-0.3, -0.25) is 0 Å². The molecule has 0 spiro atoms. The predicted octanol–water partition coefficient (Wildman–Crippen LogP) is 1.50. The van der Waals surface area contributed by atoms with Crippen LogP contribution in [-0.4, -0.2) is 26.2 Å². The van der Waals surface area contributed by atoms with E-state index < -0.39 is 16.1 Å². The van der Waals surface area contributed by atoms with E-state index in [0.29, 0.717) is 17.1 Å². The number of thiophene rings is 1. The summed E-state index contributed by atoms with van der Waals surface area (Å²) in [6, 6.07) is 3.37. The lowest BCUT2D eigenvalue weighted by atomic mass is 10.2. The number of hydrogen-bond donors (Lipinski definition) is 2. The topological polar surface area (TPSA) is 66.4 Å². The number of rotatable bonds is 6. The highest BCUT2D eigenvalue weighted by molar-refractivity contribution is 7.91. The maximum Gasteiger partial charge on any atom is 0.250 e. The van der Waals surface area contributed by atoms with Crippen LogP contribution in [0.4, 0.5) is 0 Å². The summed E-state index contributed by atoms with van der Waals surface area (Å²) in [4.78, 5) is 0.967. The Hall–Kier alpha value is -0.430. The molecule has 0 aromatic carbocycles. The first kappa shape index (κ1) is 13.6. The van der Waals surface area contributed by atoms with Crippen molar-refractivity contribution in [3.8, 4) is 0 Å². The standard InChI is InChI=1S/C10H17NO3S2/c1-3-9(12)6-7-11-16(13,14)10-5-4-8(2)15-10/h4-5,9,11-12H,3,6-7H2,1-2H3. The van der Waals surface area contributed by atoms with E-state index in [1.807, 2.05) is 13.8 Å². The average molecular weight is 263 g/mol. The number of aliphatic hydroxyl groups excluding tert-OH is 1. The van der Waals surface area contributed by atoms with E-state index >= 15 is 0 Å². The molecule has 16 heavy (non-hydrogen) atoms. The Morgan fingerprint density at radius 3 is 2.69 bits per heavy atom. The van der Waals surface area contributed by atoms with Gasteiger partial charge in [0.1, 0.15) is 4.21 Å². The van der Waals surface area contributed by atoms with Crippen molar-refractivity contribution in [1.29, 1.82) is 0 Å². The second-order valence-electron chi connectivity index (χ2n) is 3.61. The van der Waals surface area contributed by atoms with E-state index in [9.17, 15) is 13.5 Å². The van der Waals surface area contributed by atoms with Gasteiger partial charge in [0.2, 0.25) is 10.0 Å². The SMILES string of the molecule is CCC(O)CCNS(=O)(=O)c1ccc(C)s1. The number of aliphatic hydroxyl groups is 1. The maximum absolute atomic E-state index is 11.7. The van der Waals surface area contributed by atoms with E-state index in [4.69, 9.17) is 0 Å². The van der Waals surface area contributed by atoms with Crippen molar-refractivity contribution in [2.24, 2.45) is 0 Å². The molecule has 1 aromatic heterocycles. The third-order valence-electron chi connectivity index (χ3n) is 2.22. The highest BCUT2D eigenvalue weighted by atomic mass is 32.2. The van der Waals surface area contributed by atoms with Crippen LogP contribution in [-0.2, 0) is 10.0 Å². The molecule has 2 N–H and O–H groups in total. The van der Waals surface area contributed by atoms with E-state index in [0.717, 1.165) is 4.88 Å². The van der Waals surface area contributed by atoms with Crippen LogP contribution in [0.1, 0.15) is 24.6 Å². The average Bonchev–Trinajstić information content (AvgIpc) is 2.65. The molecule has 0 fully saturated rings. The fourth-order valence-corrected chi connectivity index (χ4v) is 3.57. The molecule has 1 atom stereocenters. The van der Waals surface area contributed by atoms with E-state index in [-0.39, 0.29) is 6.54 Å². The van der Waals surface area contributed by atoms with Crippen molar-refractivity contribution in [3.05, 3.63) is 17.0 Å². The van der Waals surface area contributed by atoms with Crippen molar-refractivity contribution in [2.75, 3.05) is 6.54 Å². The monoisotopic (exact) mass is 263 g/mol. The van der Waals surface area contributed by atoms with Gasteiger partial charge in [-0.05, 0) is 31.9 Å². The van der Waals surface area contributed by atoms with Gasteiger partial charge in [-0.15, -0.1) is 11.3 Å². The molecule has 92 valence electrons. The Balaban J connectivity index is 2.53. The summed E-state index contributed by atoms with van der Waals surface area (Å²) in [7, 11) is -3.39. The Bertz CT molecular complexity index is 425. The van der Waals surface area contributed by atoms with E-state index in [1.165, 1.54) is 11.3 Å². The third-order valence-corrected chi connectivity index (χ3v) is 5.17. The lowest BCUT2D eigenvalue weighted by Gasteiger charge is -2.08. The van der Waals surface area contributed by atoms with Crippen molar-refractivity contribution in [1.82, 2.24) is 4.72 Å². The summed E-state index contributed by atoms with van der Waals surface area (Å²) in [5.41, 5.74) is 0. The largest absolute Gasteiger partial charge is 0.393 e.